The fourth-order valence-electron chi connectivity index (χ4n) is 4.43. The van der Waals surface area contributed by atoms with Crippen LogP contribution >= 0.6 is 24.0 Å². The lowest BCUT2D eigenvalue weighted by Crippen LogP contribution is -2.41. The Hall–Kier alpha value is -1.51. The Morgan fingerprint density at radius 1 is 1.23 bits per heavy atom. The number of likely N-dealkylation sites (N-methyl/N-ethyl adjacent to an activating group) is 1. The highest BCUT2D eigenvalue weighted by molar-refractivity contribution is 14.0. The number of rotatable bonds is 6. The molecular formula is C23H37IN4O2. The molecule has 0 atom stereocenters. The maximum absolute atomic E-state index is 11.7. The Bertz CT molecular complexity index is 717. The summed E-state index contributed by atoms with van der Waals surface area (Å²) in [4.78, 5) is 20.6. The molecule has 1 aromatic carbocycles. The van der Waals surface area contributed by atoms with Crippen molar-refractivity contribution in [1.82, 2.24) is 15.1 Å². The number of hydrogen-bond acceptors (Lipinski definition) is 3. The average Bonchev–Trinajstić information content (AvgIpc) is 3.13. The molecule has 1 N–H and O–H groups in total. The quantitative estimate of drug-likeness (QED) is 0.346. The molecule has 30 heavy (non-hydrogen) atoms. The van der Waals surface area contributed by atoms with Gasteiger partial charge in [0.2, 0.25) is 0 Å². The second kappa shape index (κ2) is 11.8. The first kappa shape index (κ1) is 24.8. The molecule has 1 aliphatic heterocycles. The van der Waals surface area contributed by atoms with Crippen molar-refractivity contribution in [2.75, 3.05) is 40.3 Å². The van der Waals surface area contributed by atoms with Crippen LogP contribution in [0.4, 0.5) is 0 Å². The van der Waals surface area contributed by atoms with Crippen LogP contribution in [0, 0.1) is 5.41 Å². The minimum Gasteiger partial charge on any atom is -0.484 e. The number of carbonyl (C=O) groups is 1. The van der Waals surface area contributed by atoms with E-state index in [9.17, 15) is 4.79 Å². The molecule has 7 heteroatoms. The minimum absolute atomic E-state index is 0. The lowest BCUT2D eigenvalue weighted by molar-refractivity contribution is -0.130. The summed E-state index contributed by atoms with van der Waals surface area (Å²) in [7, 11) is 3.46. The van der Waals surface area contributed by atoms with E-state index in [1.54, 1.807) is 14.1 Å². The summed E-state index contributed by atoms with van der Waals surface area (Å²) in [5.74, 6) is 1.68. The second-order valence-corrected chi connectivity index (χ2v) is 8.63. The van der Waals surface area contributed by atoms with Crippen molar-refractivity contribution in [3.8, 4) is 5.75 Å². The number of guanidine groups is 1. The molecule has 0 bridgehead atoms. The average molecular weight is 528 g/mol. The van der Waals surface area contributed by atoms with Gasteiger partial charge in [0.25, 0.3) is 5.91 Å². The van der Waals surface area contributed by atoms with Crippen molar-refractivity contribution >= 4 is 35.8 Å². The van der Waals surface area contributed by atoms with Crippen LogP contribution in [0.2, 0.25) is 0 Å². The van der Waals surface area contributed by atoms with E-state index in [-0.39, 0.29) is 36.5 Å². The van der Waals surface area contributed by atoms with Crippen LogP contribution in [-0.2, 0) is 11.3 Å². The Morgan fingerprint density at radius 2 is 2.00 bits per heavy atom. The SMILES string of the molecule is CCNC(=NCc1cccc(OCC(=O)N(C)C)c1)N1CCC2(CCCCC2)C1.I. The summed E-state index contributed by atoms with van der Waals surface area (Å²) in [6, 6.07) is 7.87. The molecule has 1 heterocycles. The zero-order chi connectivity index (χ0) is 20.7. The predicted molar refractivity (Wildman–Crippen MR) is 133 cm³/mol. The summed E-state index contributed by atoms with van der Waals surface area (Å²) in [5, 5.41) is 3.48. The van der Waals surface area contributed by atoms with Crippen LogP contribution in [0.5, 0.6) is 5.75 Å². The van der Waals surface area contributed by atoms with E-state index in [1.165, 1.54) is 43.4 Å². The van der Waals surface area contributed by atoms with Gasteiger partial charge < -0.3 is 19.9 Å². The van der Waals surface area contributed by atoms with Gasteiger partial charge in [-0.25, -0.2) is 4.99 Å². The van der Waals surface area contributed by atoms with Crippen LogP contribution in [0.3, 0.4) is 0 Å². The summed E-state index contributed by atoms with van der Waals surface area (Å²) in [6.45, 7) is 5.88. The molecule has 1 saturated heterocycles. The van der Waals surface area contributed by atoms with Gasteiger partial charge in [-0.3, -0.25) is 4.79 Å². The molecule has 1 spiro atoms. The van der Waals surface area contributed by atoms with Gasteiger partial charge in [0.1, 0.15) is 5.75 Å². The number of ether oxygens (including phenoxy) is 1. The molecule has 0 radical (unpaired) electrons. The van der Waals surface area contributed by atoms with Gasteiger partial charge in [0.05, 0.1) is 6.54 Å². The monoisotopic (exact) mass is 528 g/mol. The molecule has 2 fully saturated rings. The van der Waals surface area contributed by atoms with Gasteiger partial charge in [-0.05, 0) is 49.3 Å². The molecule has 0 unspecified atom stereocenters. The van der Waals surface area contributed by atoms with Gasteiger partial charge in [0.15, 0.2) is 12.6 Å². The number of likely N-dealkylation sites (tertiary alicyclic amines) is 1. The first-order valence-electron chi connectivity index (χ1n) is 11.0. The molecule has 1 amide bonds. The third kappa shape index (κ3) is 6.75. The topological polar surface area (TPSA) is 57.2 Å². The highest BCUT2D eigenvalue weighted by atomic mass is 127. The third-order valence-corrected chi connectivity index (χ3v) is 6.16. The lowest BCUT2D eigenvalue weighted by Gasteiger charge is -2.33. The van der Waals surface area contributed by atoms with Gasteiger partial charge in [-0.2, -0.15) is 0 Å². The van der Waals surface area contributed by atoms with E-state index in [4.69, 9.17) is 9.73 Å². The van der Waals surface area contributed by atoms with Crippen LogP contribution in [0.25, 0.3) is 0 Å². The molecule has 1 saturated carbocycles. The van der Waals surface area contributed by atoms with Crippen molar-refractivity contribution < 1.29 is 9.53 Å². The number of nitrogens with zero attached hydrogens (tertiary/aromatic N) is 3. The van der Waals surface area contributed by atoms with Crippen LogP contribution in [0.1, 0.15) is 51.0 Å². The molecule has 1 aliphatic carbocycles. The van der Waals surface area contributed by atoms with Crippen LogP contribution in [-0.4, -0.2) is 62.0 Å². The predicted octanol–water partition coefficient (Wildman–Crippen LogP) is 3.89. The number of amides is 1. The second-order valence-electron chi connectivity index (χ2n) is 8.63. The molecular weight excluding hydrogens is 491 g/mol. The number of hydrogen-bond donors (Lipinski definition) is 1. The normalized spacial score (nSPS) is 18.1. The summed E-state index contributed by atoms with van der Waals surface area (Å²) < 4.78 is 5.63. The van der Waals surface area contributed by atoms with E-state index in [1.807, 2.05) is 18.2 Å². The highest BCUT2D eigenvalue weighted by Gasteiger charge is 2.39. The standard InChI is InChI=1S/C23H36N4O2.HI/c1-4-24-22(27-14-13-23(18-27)11-6-5-7-12-23)25-16-19-9-8-10-20(15-19)29-17-21(28)26(2)3;/h8-10,15H,4-7,11-14,16-18H2,1-3H3,(H,24,25);1H. The zero-order valence-corrected chi connectivity index (χ0v) is 21.0. The number of nitrogens with one attached hydrogen (secondary N) is 1. The van der Waals surface area contributed by atoms with E-state index >= 15 is 0 Å². The third-order valence-electron chi connectivity index (χ3n) is 6.16. The minimum atomic E-state index is -0.0477. The number of aliphatic imine (C=N–C) groups is 1. The Kier molecular flexibility index (Phi) is 9.71. The van der Waals surface area contributed by atoms with Crippen molar-refractivity contribution in [1.29, 1.82) is 0 Å². The summed E-state index contributed by atoms with van der Waals surface area (Å²) >= 11 is 0. The van der Waals surface area contributed by atoms with Crippen LogP contribution < -0.4 is 10.1 Å². The molecule has 2 aliphatic rings. The van der Waals surface area contributed by atoms with E-state index < -0.39 is 0 Å². The molecule has 3 rings (SSSR count). The fraction of sp³-hybridized carbons (Fsp3) is 0.652. The smallest absolute Gasteiger partial charge is 0.259 e. The summed E-state index contributed by atoms with van der Waals surface area (Å²) in [6.07, 6.45) is 8.19. The van der Waals surface area contributed by atoms with Crippen molar-refractivity contribution in [2.24, 2.45) is 10.4 Å². The van der Waals surface area contributed by atoms with Gasteiger partial charge in [0, 0.05) is 33.7 Å². The maximum Gasteiger partial charge on any atom is 0.259 e. The maximum atomic E-state index is 11.7. The fourth-order valence-corrected chi connectivity index (χ4v) is 4.43. The van der Waals surface area contributed by atoms with Crippen molar-refractivity contribution in [3.05, 3.63) is 29.8 Å². The Balaban J connectivity index is 0.00000320. The molecule has 6 nitrogen and oxygen atoms in total. The van der Waals surface area contributed by atoms with E-state index in [0.29, 0.717) is 17.7 Å². The van der Waals surface area contributed by atoms with Gasteiger partial charge in [-0.15, -0.1) is 24.0 Å². The zero-order valence-electron chi connectivity index (χ0n) is 18.7. The lowest BCUT2D eigenvalue weighted by atomic mass is 9.73. The number of carbonyl (C=O) groups excluding carboxylic acids is 1. The highest BCUT2D eigenvalue weighted by Crippen LogP contribution is 2.43. The number of halogens is 1. The van der Waals surface area contributed by atoms with E-state index in [0.717, 1.165) is 31.2 Å². The van der Waals surface area contributed by atoms with Crippen molar-refractivity contribution in [3.63, 3.8) is 0 Å². The van der Waals surface area contributed by atoms with E-state index in [2.05, 4.69) is 23.2 Å². The Morgan fingerprint density at radius 3 is 2.70 bits per heavy atom. The Labute approximate surface area is 198 Å². The summed E-state index contributed by atoms with van der Waals surface area (Å²) in [5.41, 5.74) is 1.60. The number of benzene rings is 1. The molecule has 0 aromatic heterocycles. The molecule has 168 valence electrons. The van der Waals surface area contributed by atoms with Crippen molar-refractivity contribution in [2.45, 2.75) is 52.0 Å². The van der Waals surface area contributed by atoms with Crippen LogP contribution in [0.15, 0.2) is 29.3 Å². The molecule has 1 aromatic rings. The van der Waals surface area contributed by atoms with Gasteiger partial charge >= 0.3 is 0 Å². The first-order valence-corrected chi connectivity index (χ1v) is 11.0. The largest absolute Gasteiger partial charge is 0.484 e. The van der Waals surface area contributed by atoms with Gasteiger partial charge in [-0.1, -0.05) is 31.4 Å². The first-order chi connectivity index (χ1) is 14.0.